The van der Waals surface area contributed by atoms with Crippen molar-refractivity contribution in [3.05, 3.63) is 0 Å². The molecular weight excluding hydrogens is 246 g/mol. The maximum absolute atomic E-state index is 3.94. The third kappa shape index (κ3) is 3.37. The summed E-state index contributed by atoms with van der Waals surface area (Å²) in [5.74, 6) is 1.81. The molecule has 0 aromatic carbocycles. The second-order valence-electron chi connectivity index (χ2n) is 7.53. The molecule has 0 aromatic rings. The van der Waals surface area contributed by atoms with Gasteiger partial charge in [0.2, 0.25) is 0 Å². The normalized spacial score (nSPS) is 35.9. The molecule has 1 N–H and O–H groups in total. The van der Waals surface area contributed by atoms with E-state index in [1.165, 1.54) is 71.4 Å². The van der Waals surface area contributed by atoms with Crippen LogP contribution in [0.2, 0.25) is 0 Å². The van der Waals surface area contributed by atoms with Crippen molar-refractivity contribution >= 4 is 0 Å². The first kappa shape index (κ1) is 14.8. The zero-order valence-corrected chi connectivity index (χ0v) is 13.5. The molecule has 0 aromatic heterocycles. The van der Waals surface area contributed by atoms with Gasteiger partial charge in [0.1, 0.15) is 0 Å². The fourth-order valence-corrected chi connectivity index (χ4v) is 4.62. The number of rotatable bonds is 5. The van der Waals surface area contributed by atoms with E-state index in [0.29, 0.717) is 0 Å². The Labute approximate surface area is 125 Å². The molecule has 1 aliphatic carbocycles. The summed E-state index contributed by atoms with van der Waals surface area (Å²) in [7, 11) is 0. The Morgan fingerprint density at radius 2 is 1.65 bits per heavy atom. The number of nitrogens with one attached hydrogen (secondary N) is 1. The summed E-state index contributed by atoms with van der Waals surface area (Å²) in [5, 5.41) is 3.94. The van der Waals surface area contributed by atoms with E-state index in [0.717, 1.165) is 23.9 Å². The predicted octanol–water partition coefficient (Wildman–Crippen LogP) is 2.18. The summed E-state index contributed by atoms with van der Waals surface area (Å²) in [6.07, 6.45) is 7.18. The highest BCUT2D eigenvalue weighted by molar-refractivity contribution is 4.95. The number of hydrogen-bond acceptors (Lipinski definition) is 3. The van der Waals surface area contributed by atoms with Gasteiger partial charge in [0.15, 0.2) is 0 Å². The minimum absolute atomic E-state index is 0.726. The number of nitrogens with zero attached hydrogens (tertiary/aromatic N) is 2. The standard InChI is InChI=1S/C17H33N3/c1-14(2)20-12-15-6-5-7-16(13-20)17(15)18-8-11-19-9-3-4-10-19/h14-18H,3-13H2,1-2H3. The Morgan fingerprint density at radius 1 is 1.00 bits per heavy atom. The van der Waals surface area contributed by atoms with E-state index in [9.17, 15) is 0 Å². The fourth-order valence-electron chi connectivity index (χ4n) is 4.62. The van der Waals surface area contributed by atoms with Gasteiger partial charge in [-0.15, -0.1) is 0 Å². The van der Waals surface area contributed by atoms with Crippen molar-refractivity contribution in [2.45, 2.75) is 58.0 Å². The van der Waals surface area contributed by atoms with Crippen LogP contribution in [-0.4, -0.2) is 61.2 Å². The van der Waals surface area contributed by atoms with Gasteiger partial charge in [0.25, 0.3) is 0 Å². The van der Waals surface area contributed by atoms with Crippen LogP contribution in [0.5, 0.6) is 0 Å². The Morgan fingerprint density at radius 3 is 2.25 bits per heavy atom. The Hall–Kier alpha value is -0.120. The SMILES string of the molecule is CC(C)N1CC2CCCC(C1)C2NCCN1CCCC1. The molecule has 3 aliphatic rings. The molecule has 3 nitrogen and oxygen atoms in total. The summed E-state index contributed by atoms with van der Waals surface area (Å²) in [6, 6.07) is 1.53. The summed E-state index contributed by atoms with van der Waals surface area (Å²) in [4.78, 5) is 5.35. The first-order valence-electron chi connectivity index (χ1n) is 8.94. The molecule has 3 fully saturated rings. The number of piperidine rings is 1. The monoisotopic (exact) mass is 279 g/mol. The molecule has 2 saturated heterocycles. The minimum Gasteiger partial charge on any atom is -0.312 e. The van der Waals surface area contributed by atoms with Gasteiger partial charge < -0.3 is 15.1 Å². The van der Waals surface area contributed by atoms with E-state index >= 15 is 0 Å². The van der Waals surface area contributed by atoms with Crippen LogP contribution in [0.15, 0.2) is 0 Å². The lowest BCUT2D eigenvalue weighted by molar-refractivity contribution is 0.0291. The van der Waals surface area contributed by atoms with Crippen LogP contribution in [0.4, 0.5) is 0 Å². The lowest BCUT2D eigenvalue weighted by Gasteiger charge is -2.49. The van der Waals surface area contributed by atoms with Crippen LogP contribution < -0.4 is 5.32 Å². The van der Waals surface area contributed by atoms with Gasteiger partial charge >= 0.3 is 0 Å². The average Bonchev–Trinajstić information content (AvgIpc) is 2.91. The van der Waals surface area contributed by atoms with Crippen LogP contribution in [-0.2, 0) is 0 Å². The second-order valence-corrected chi connectivity index (χ2v) is 7.53. The highest BCUT2D eigenvalue weighted by Crippen LogP contribution is 2.35. The molecule has 1 saturated carbocycles. The molecule has 2 atom stereocenters. The maximum Gasteiger partial charge on any atom is 0.0148 e. The zero-order valence-electron chi connectivity index (χ0n) is 13.5. The largest absolute Gasteiger partial charge is 0.312 e. The van der Waals surface area contributed by atoms with E-state index in [1.807, 2.05) is 0 Å². The molecular formula is C17H33N3. The molecule has 2 aliphatic heterocycles. The van der Waals surface area contributed by atoms with Crippen molar-refractivity contribution in [1.29, 1.82) is 0 Å². The van der Waals surface area contributed by atoms with Crippen molar-refractivity contribution in [1.82, 2.24) is 15.1 Å². The van der Waals surface area contributed by atoms with Crippen LogP contribution in [0, 0.1) is 11.8 Å². The van der Waals surface area contributed by atoms with Gasteiger partial charge in [0, 0.05) is 38.3 Å². The smallest absolute Gasteiger partial charge is 0.0148 e. The molecule has 3 heteroatoms. The summed E-state index contributed by atoms with van der Waals surface area (Å²) in [6.45, 7) is 12.5. The maximum atomic E-state index is 3.94. The molecule has 2 unspecified atom stereocenters. The first-order valence-corrected chi connectivity index (χ1v) is 8.94. The van der Waals surface area contributed by atoms with E-state index in [2.05, 4.69) is 29.0 Å². The van der Waals surface area contributed by atoms with Gasteiger partial charge in [-0.25, -0.2) is 0 Å². The quantitative estimate of drug-likeness (QED) is 0.832. The van der Waals surface area contributed by atoms with Crippen molar-refractivity contribution in [2.75, 3.05) is 39.3 Å². The van der Waals surface area contributed by atoms with E-state index < -0.39 is 0 Å². The number of hydrogen-bond donors (Lipinski definition) is 1. The number of likely N-dealkylation sites (tertiary alicyclic amines) is 2. The Bertz CT molecular complexity index is 285. The number of fused-ring (bicyclic) bond motifs is 2. The minimum atomic E-state index is 0.726. The van der Waals surface area contributed by atoms with Crippen molar-refractivity contribution in [2.24, 2.45) is 11.8 Å². The third-order valence-corrected chi connectivity index (χ3v) is 5.84. The van der Waals surface area contributed by atoms with Gasteiger partial charge in [-0.05, 0) is 64.5 Å². The fraction of sp³-hybridized carbons (Fsp3) is 1.00. The van der Waals surface area contributed by atoms with Crippen LogP contribution in [0.3, 0.4) is 0 Å². The van der Waals surface area contributed by atoms with Gasteiger partial charge in [-0.2, -0.15) is 0 Å². The van der Waals surface area contributed by atoms with Crippen LogP contribution in [0.25, 0.3) is 0 Å². The summed E-state index contributed by atoms with van der Waals surface area (Å²) in [5.41, 5.74) is 0. The molecule has 116 valence electrons. The van der Waals surface area contributed by atoms with Gasteiger partial charge in [0.05, 0.1) is 0 Å². The topological polar surface area (TPSA) is 18.5 Å². The average molecular weight is 279 g/mol. The van der Waals surface area contributed by atoms with E-state index in [4.69, 9.17) is 0 Å². The predicted molar refractivity (Wildman–Crippen MR) is 85.0 cm³/mol. The van der Waals surface area contributed by atoms with E-state index in [1.54, 1.807) is 0 Å². The first-order chi connectivity index (χ1) is 9.74. The Kier molecular flexibility index (Phi) is 5.00. The lowest BCUT2D eigenvalue weighted by Crippen LogP contribution is -2.58. The van der Waals surface area contributed by atoms with Crippen LogP contribution >= 0.6 is 0 Å². The van der Waals surface area contributed by atoms with Crippen molar-refractivity contribution in [3.63, 3.8) is 0 Å². The molecule has 0 amide bonds. The molecule has 2 bridgehead atoms. The molecule has 2 heterocycles. The highest BCUT2D eigenvalue weighted by atomic mass is 15.2. The van der Waals surface area contributed by atoms with Gasteiger partial charge in [-0.3, -0.25) is 0 Å². The Balaban J connectivity index is 1.48. The van der Waals surface area contributed by atoms with Gasteiger partial charge in [-0.1, -0.05) is 6.42 Å². The third-order valence-electron chi connectivity index (χ3n) is 5.84. The molecule has 3 rings (SSSR count). The molecule has 0 radical (unpaired) electrons. The summed E-state index contributed by atoms with van der Waals surface area (Å²) < 4.78 is 0. The van der Waals surface area contributed by atoms with Crippen molar-refractivity contribution in [3.8, 4) is 0 Å². The van der Waals surface area contributed by atoms with Crippen molar-refractivity contribution < 1.29 is 0 Å². The van der Waals surface area contributed by atoms with Crippen LogP contribution in [0.1, 0.15) is 46.0 Å². The highest BCUT2D eigenvalue weighted by Gasteiger charge is 2.39. The summed E-state index contributed by atoms with van der Waals surface area (Å²) >= 11 is 0. The second kappa shape index (κ2) is 6.76. The zero-order chi connectivity index (χ0) is 13.9. The lowest BCUT2D eigenvalue weighted by atomic mass is 9.73. The molecule has 0 spiro atoms. The van der Waals surface area contributed by atoms with E-state index in [-0.39, 0.29) is 0 Å². The molecule has 20 heavy (non-hydrogen) atoms.